The zero-order valence-corrected chi connectivity index (χ0v) is 10.9. The number of amidine groups is 1. The van der Waals surface area contributed by atoms with E-state index >= 15 is 0 Å². The van der Waals surface area contributed by atoms with Gasteiger partial charge in [-0.15, -0.1) is 0 Å². The predicted molar refractivity (Wildman–Crippen MR) is 66.6 cm³/mol. The Morgan fingerprint density at radius 1 is 1.56 bits per heavy atom. The van der Waals surface area contributed by atoms with Crippen LogP contribution in [0.4, 0.5) is 0 Å². The average molecular weight is 227 g/mol. The van der Waals surface area contributed by atoms with Crippen LogP contribution in [0.2, 0.25) is 0 Å². The first-order chi connectivity index (χ1) is 7.36. The fraction of sp³-hybridized carbons (Fsp3) is 0.917. The largest absolute Gasteiger partial charge is 0.409 e. The van der Waals surface area contributed by atoms with E-state index in [-0.39, 0.29) is 5.41 Å². The maximum absolute atomic E-state index is 8.68. The molecule has 4 heteroatoms. The lowest BCUT2D eigenvalue weighted by atomic mass is 9.88. The van der Waals surface area contributed by atoms with E-state index in [2.05, 4.69) is 24.0 Å². The van der Waals surface area contributed by atoms with E-state index in [4.69, 9.17) is 10.9 Å². The number of oxime groups is 1. The van der Waals surface area contributed by atoms with Crippen LogP contribution >= 0.6 is 0 Å². The van der Waals surface area contributed by atoms with Gasteiger partial charge in [0, 0.05) is 12.0 Å². The van der Waals surface area contributed by atoms with E-state index in [9.17, 15) is 0 Å². The molecule has 0 aliphatic heterocycles. The molecule has 0 aromatic carbocycles. The van der Waals surface area contributed by atoms with Gasteiger partial charge >= 0.3 is 0 Å². The highest BCUT2D eigenvalue weighted by molar-refractivity contribution is 5.85. The van der Waals surface area contributed by atoms with Crippen LogP contribution in [0.1, 0.15) is 33.6 Å². The van der Waals surface area contributed by atoms with Crippen molar-refractivity contribution in [2.75, 3.05) is 20.1 Å². The zero-order valence-electron chi connectivity index (χ0n) is 10.9. The molecule has 0 aromatic heterocycles. The van der Waals surface area contributed by atoms with E-state index in [1.54, 1.807) is 0 Å². The zero-order chi connectivity index (χ0) is 12.3. The summed E-state index contributed by atoms with van der Waals surface area (Å²) >= 11 is 0. The fourth-order valence-corrected chi connectivity index (χ4v) is 1.88. The third kappa shape index (κ3) is 3.67. The van der Waals surface area contributed by atoms with E-state index in [0.29, 0.717) is 5.84 Å². The molecule has 1 fully saturated rings. The van der Waals surface area contributed by atoms with Crippen LogP contribution in [-0.4, -0.2) is 36.1 Å². The van der Waals surface area contributed by atoms with Gasteiger partial charge in [0.15, 0.2) is 0 Å². The topological polar surface area (TPSA) is 61.8 Å². The maximum Gasteiger partial charge on any atom is 0.144 e. The molecule has 2 unspecified atom stereocenters. The molecular formula is C12H25N3O. The van der Waals surface area contributed by atoms with Gasteiger partial charge in [0.25, 0.3) is 0 Å². The lowest BCUT2D eigenvalue weighted by Gasteiger charge is -2.26. The monoisotopic (exact) mass is 227 g/mol. The van der Waals surface area contributed by atoms with Crippen molar-refractivity contribution >= 4 is 5.84 Å². The second-order valence-corrected chi connectivity index (χ2v) is 5.85. The minimum atomic E-state index is -0.224. The lowest BCUT2D eigenvalue weighted by Crippen LogP contribution is -2.35. The summed E-state index contributed by atoms with van der Waals surface area (Å²) in [4.78, 5) is 2.35. The van der Waals surface area contributed by atoms with Gasteiger partial charge in [-0.1, -0.05) is 25.9 Å². The Bertz CT molecular complexity index is 263. The quantitative estimate of drug-likeness (QED) is 0.314. The molecule has 1 aliphatic rings. The molecule has 16 heavy (non-hydrogen) atoms. The summed E-state index contributed by atoms with van der Waals surface area (Å²) in [5.74, 6) is 2.11. The first kappa shape index (κ1) is 13.3. The summed E-state index contributed by atoms with van der Waals surface area (Å²) in [6.07, 6.45) is 2.29. The summed E-state index contributed by atoms with van der Waals surface area (Å²) < 4.78 is 0. The van der Waals surface area contributed by atoms with Gasteiger partial charge in [0.1, 0.15) is 5.84 Å². The molecule has 4 nitrogen and oxygen atoms in total. The Kier molecular flexibility index (Phi) is 4.19. The van der Waals surface area contributed by atoms with Crippen LogP contribution in [0.25, 0.3) is 0 Å². The highest BCUT2D eigenvalue weighted by atomic mass is 16.4. The van der Waals surface area contributed by atoms with Crippen molar-refractivity contribution in [2.24, 2.45) is 28.1 Å². The molecule has 0 heterocycles. The predicted octanol–water partition coefficient (Wildman–Crippen LogP) is 1.74. The Labute approximate surface area is 98.5 Å². The molecule has 1 rings (SSSR count). The fourth-order valence-electron chi connectivity index (χ4n) is 1.88. The Balaban J connectivity index is 2.27. The minimum absolute atomic E-state index is 0.224. The van der Waals surface area contributed by atoms with Crippen molar-refractivity contribution in [1.82, 2.24) is 4.90 Å². The lowest BCUT2D eigenvalue weighted by molar-refractivity contribution is 0.268. The van der Waals surface area contributed by atoms with Crippen molar-refractivity contribution in [1.29, 1.82) is 0 Å². The minimum Gasteiger partial charge on any atom is -0.409 e. The molecule has 94 valence electrons. The van der Waals surface area contributed by atoms with Crippen LogP contribution in [0.5, 0.6) is 0 Å². The van der Waals surface area contributed by atoms with Gasteiger partial charge in [-0.2, -0.15) is 0 Å². The Morgan fingerprint density at radius 3 is 2.56 bits per heavy atom. The molecule has 0 aromatic rings. The number of nitrogens with two attached hydrogens (primary N) is 1. The molecule has 0 radical (unpaired) electrons. The molecule has 0 saturated heterocycles. The van der Waals surface area contributed by atoms with Crippen LogP contribution < -0.4 is 5.73 Å². The molecule has 1 saturated carbocycles. The molecule has 3 N–H and O–H groups in total. The second kappa shape index (κ2) is 5.04. The Morgan fingerprint density at radius 2 is 2.12 bits per heavy atom. The standard InChI is InChI=1S/C12H25N3O/c1-9-7-10(9)8-15(4)6-5-12(2,3)11(13)14-16/h9-10,16H,5-8H2,1-4H3,(H2,13,14). The number of nitrogens with zero attached hydrogens (tertiary/aromatic N) is 2. The van der Waals surface area contributed by atoms with Crippen molar-refractivity contribution < 1.29 is 5.21 Å². The van der Waals surface area contributed by atoms with Gasteiger partial charge in [0.05, 0.1) is 0 Å². The summed E-state index contributed by atoms with van der Waals surface area (Å²) in [6, 6.07) is 0. The van der Waals surface area contributed by atoms with Gasteiger partial charge in [0.2, 0.25) is 0 Å². The van der Waals surface area contributed by atoms with Gasteiger partial charge in [-0.05, 0) is 38.3 Å². The summed E-state index contributed by atoms with van der Waals surface area (Å²) in [7, 11) is 2.15. The summed E-state index contributed by atoms with van der Waals surface area (Å²) in [6.45, 7) is 8.49. The van der Waals surface area contributed by atoms with E-state index in [1.165, 1.54) is 13.0 Å². The SMILES string of the molecule is CC1CC1CN(C)CCC(C)(C)C(N)=NO. The summed E-state index contributed by atoms with van der Waals surface area (Å²) in [5, 5.41) is 11.8. The van der Waals surface area contributed by atoms with Crippen LogP contribution in [-0.2, 0) is 0 Å². The number of rotatable bonds is 6. The maximum atomic E-state index is 8.68. The first-order valence-electron chi connectivity index (χ1n) is 6.03. The van der Waals surface area contributed by atoms with E-state index in [1.807, 2.05) is 13.8 Å². The molecule has 0 amide bonds. The highest BCUT2D eigenvalue weighted by Gasteiger charge is 2.33. The smallest absolute Gasteiger partial charge is 0.144 e. The normalized spacial score (nSPS) is 26.2. The van der Waals surface area contributed by atoms with Crippen molar-refractivity contribution in [3.8, 4) is 0 Å². The van der Waals surface area contributed by atoms with Crippen molar-refractivity contribution in [3.63, 3.8) is 0 Å². The molecule has 0 spiro atoms. The van der Waals surface area contributed by atoms with Gasteiger partial charge < -0.3 is 15.8 Å². The van der Waals surface area contributed by atoms with Crippen LogP contribution in [0, 0.1) is 17.3 Å². The number of hydrogen-bond donors (Lipinski definition) is 2. The van der Waals surface area contributed by atoms with Crippen LogP contribution in [0.15, 0.2) is 5.16 Å². The van der Waals surface area contributed by atoms with E-state index < -0.39 is 0 Å². The molecule has 0 bridgehead atoms. The second-order valence-electron chi connectivity index (χ2n) is 5.85. The first-order valence-corrected chi connectivity index (χ1v) is 6.03. The molecule has 2 atom stereocenters. The van der Waals surface area contributed by atoms with Gasteiger partial charge in [-0.25, -0.2) is 0 Å². The average Bonchev–Trinajstić information content (AvgIpc) is 2.90. The van der Waals surface area contributed by atoms with Crippen LogP contribution in [0.3, 0.4) is 0 Å². The van der Waals surface area contributed by atoms with Crippen molar-refractivity contribution in [2.45, 2.75) is 33.6 Å². The third-order valence-corrected chi connectivity index (χ3v) is 3.74. The third-order valence-electron chi connectivity index (χ3n) is 3.74. The highest BCUT2D eigenvalue weighted by Crippen LogP contribution is 2.38. The summed E-state index contributed by atoms with van der Waals surface area (Å²) in [5.41, 5.74) is 5.43. The Hall–Kier alpha value is -0.770. The molecule has 1 aliphatic carbocycles. The van der Waals surface area contributed by atoms with E-state index in [0.717, 1.165) is 24.8 Å². The number of hydrogen-bond acceptors (Lipinski definition) is 3. The molecular weight excluding hydrogens is 202 g/mol. The van der Waals surface area contributed by atoms with Gasteiger partial charge in [-0.3, -0.25) is 0 Å². The van der Waals surface area contributed by atoms with Crippen molar-refractivity contribution in [3.05, 3.63) is 0 Å².